The zero-order valence-electron chi connectivity index (χ0n) is 10.2. The van der Waals surface area contributed by atoms with Crippen LogP contribution in [-0.4, -0.2) is 30.0 Å². The largest absolute Gasteiger partial charge is 0.461 e. The summed E-state index contributed by atoms with van der Waals surface area (Å²) in [5.41, 5.74) is 1.72. The molecule has 0 aliphatic heterocycles. The SMILES string of the molecule is Cc1[nH]nc(-c2nn3c(-c4ccco4)nnc3s2)c1Br. The topological polar surface area (TPSA) is 84.9 Å². The first-order valence-corrected chi connectivity index (χ1v) is 7.32. The summed E-state index contributed by atoms with van der Waals surface area (Å²) in [4.78, 5) is 0.693. The van der Waals surface area contributed by atoms with E-state index in [0.717, 1.165) is 20.9 Å². The Morgan fingerprint density at radius 3 is 3.00 bits per heavy atom. The molecular formula is C11H7BrN6OS. The van der Waals surface area contributed by atoms with Gasteiger partial charge in [0.2, 0.25) is 10.8 Å². The maximum Gasteiger partial charge on any atom is 0.235 e. The van der Waals surface area contributed by atoms with Crippen molar-refractivity contribution in [1.82, 2.24) is 30.0 Å². The molecule has 9 heteroatoms. The number of nitrogens with zero attached hydrogens (tertiary/aromatic N) is 5. The van der Waals surface area contributed by atoms with Gasteiger partial charge in [-0.25, -0.2) is 0 Å². The molecule has 0 radical (unpaired) electrons. The predicted octanol–water partition coefficient (Wildman–Crippen LogP) is 2.91. The van der Waals surface area contributed by atoms with Crippen LogP contribution in [0.15, 0.2) is 27.3 Å². The van der Waals surface area contributed by atoms with Crippen LogP contribution < -0.4 is 0 Å². The predicted molar refractivity (Wildman–Crippen MR) is 76.4 cm³/mol. The summed E-state index contributed by atoms with van der Waals surface area (Å²) in [6, 6.07) is 3.63. The second-order valence-electron chi connectivity index (χ2n) is 4.11. The second kappa shape index (κ2) is 4.25. The van der Waals surface area contributed by atoms with E-state index in [0.29, 0.717) is 16.5 Å². The number of rotatable bonds is 2. The molecule has 0 atom stereocenters. The number of hydrogen-bond donors (Lipinski definition) is 1. The van der Waals surface area contributed by atoms with Crippen molar-refractivity contribution in [1.29, 1.82) is 0 Å². The van der Waals surface area contributed by atoms with E-state index in [2.05, 4.69) is 41.4 Å². The molecule has 0 saturated heterocycles. The van der Waals surface area contributed by atoms with E-state index in [-0.39, 0.29) is 0 Å². The highest BCUT2D eigenvalue weighted by Gasteiger charge is 2.19. The van der Waals surface area contributed by atoms with E-state index in [1.54, 1.807) is 16.8 Å². The van der Waals surface area contributed by atoms with Gasteiger partial charge in [-0.1, -0.05) is 11.3 Å². The van der Waals surface area contributed by atoms with Crippen molar-refractivity contribution in [3.8, 4) is 22.3 Å². The average molecular weight is 351 g/mol. The first kappa shape index (κ1) is 11.8. The number of halogens is 1. The molecule has 0 amide bonds. The van der Waals surface area contributed by atoms with Crippen LogP contribution in [-0.2, 0) is 0 Å². The van der Waals surface area contributed by atoms with Crippen LogP contribution in [0, 0.1) is 6.92 Å². The van der Waals surface area contributed by atoms with Crippen molar-refractivity contribution in [3.63, 3.8) is 0 Å². The third-order valence-electron chi connectivity index (χ3n) is 2.81. The van der Waals surface area contributed by atoms with Gasteiger partial charge in [0.15, 0.2) is 10.8 Å². The van der Waals surface area contributed by atoms with Crippen LogP contribution in [0.4, 0.5) is 0 Å². The van der Waals surface area contributed by atoms with Crippen LogP contribution in [0.2, 0.25) is 0 Å². The lowest BCUT2D eigenvalue weighted by atomic mass is 10.4. The number of furan rings is 1. The summed E-state index contributed by atoms with van der Waals surface area (Å²) in [5, 5.41) is 20.6. The molecule has 100 valence electrons. The van der Waals surface area contributed by atoms with Crippen molar-refractivity contribution in [2.24, 2.45) is 0 Å². The summed E-state index contributed by atoms with van der Waals surface area (Å²) >= 11 is 4.92. The minimum atomic E-state index is 0.580. The van der Waals surface area contributed by atoms with Gasteiger partial charge in [-0.15, -0.1) is 10.2 Å². The molecule has 0 unspecified atom stereocenters. The quantitative estimate of drug-likeness (QED) is 0.600. The summed E-state index contributed by atoms with van der Waals surface area (Å²) in [5.74, 6) is 1.21. The van der Waals surface area contributed by atoms with Crippen LogP contribution in [0.5, 0.6) is 0 Å². The monoisotopic (exact) mass is 350 g/mol. The van der Waals surface area contributed by atoms with Gasteiger partial charge in [-0.3, -0.25) is 5.10 Å². The Bertz CT molecular complexity index is 890. The average Bonchev–Trinajstić information content (AvgIpc) is 3.15. The zero-order valence-corrected chi connectivity index (χ0v) is 12.6. The summed E-state index contributed by atoms with van der Waals surface area (Å²) in [6.07, 6.45) is 1.59. The second-order valence-corrected chi connectivity index (χ2v) is 5.86. The highest BCUT2D eigenvalue weighted by atomic mass is 79.9. The maximum atomic E-state index is 5.34. The van der Waals surface area contributed by atoms with Crippen molar-refractivity contribution < 1.29 is 4.42 Å². The van der Waals surface area contributed by atoms with Gasteiger partial charge in [0.25, 0.3) is 0 Å². The molecule has 0 fully saturated rings. The zero-order chi connectivity index (χ0) is 13.7. The molecule has 0 bridgehead atoms. The fraction of sp³-hybridized carbons (Fsp3) is 0.0909. The molecule has 4 rings (SSSR count). The van der Waals surface area contributed by atoms with E-state index >= 15 is 0 Å². The first-order chi connectivity index (χ1) is 9.74. The molecule has 4 heterocycles. The molecular weight excluding hydrogens is 344 g/mol. The molecule has 0 aliphatic rings. The van der Waals surface area contributed by atoms with Gasteiger partial charge >= 0.3 is 0 Å². The number of aromatic amines is 1. The molecule has 0 saturated carbocycles. The van der Waals surface area contributed by atoms with Crippen molar-refractivity contribution in [3.05, 3.63) is 28.6 Å². The van der Waals surface area contributed by atoms with E-state index in [4.69, 9.17) is 4.42 Å². The van der Waals surface area contributed by atoms with E-state index in [1.165, 1.54) is 11.3 Å². The Hall–Kier alpha value is -2.00. The van der Waals surface area contributed by atoms with Gasteiger partial charge in [-0.2, -0.15) is 14.7 Å². The van der Waals surface area contributed by atoms with Gasteiger partial charge in [0.1, 0.15) is 5.69 Å². The van der Waals surface area contributed by atoms with E-state index in [9.17, 15) is 0 Å². The van der Waals surface area contributed by atoms with Gasteiger partial charge in [0, 0.05) is 5.69 Å². The smallest absolute Gasteiger partial charge is 0.235 e. The Balaban J connectivity index is 1.90. The normalized spacial score (nSPS) is 11.5. The van der Waals surface area contributed by atoms with Crippen LogP contribution in [0.3, 0.4) is 0 Å². The number of nitrogens with one attached hydrogen (secondary N) is 1. The highest BCUT2D eigenvalue weighted by molar-refractivity contribution is 9.10. The number of fused-ring (bicyclic) bond motifs is 1. The highest BCUT2D eigenvalue weighted by Crippen LogP contribution is 2.32. The Labute approximate surface area is 124 Å². The lowest BCUT2D eigenvalue weighted by Crippen LogP contribution is -1.89. The fourth-order valence-electron chi connectivity index (χ4n) is 1.83. The molecule has 7 nitrogen and oxygen atoms in total. The molecule has 0 aromatic carbocycles. The Morgan fingerprint density at radius 2 is 2.30 bits per heavy atom. The van der Waals surface area contributed by atoms with Gasteiger partial charge in [0.05, 0.1) is 10.7 Å². The molecule has 4 aromatic heterocycles. The van der Waals surface area contributed by atoms with Gasteiger partial charge in [-0.05, 0) is 35.0 Å². The molecule has 4 aromatic rings. The third-order valence-corrected chi connectivity index (χ3v) is 4.68. The first-order valence-electron chi connectivity index (χ1n) is 5.71. The van der Waals surface area contributed by atoms with Crippen LogP contribution >= 0.6 is 27.3 Å². The minimum Gasteiger partial charge on any atom is -0.461 e. The molecule has 0 aliphatic carbocycles. The number of hydrogen-bond acceptors (Lipinski definition) is 6. The van der Waals surface area contributed by atoms with Crippen LogP contribution in [0.25, 0.3) is 27.2 Å². The standard InChI is InChI=1S/C11H7BrN6OS/c1-5-7(12)8(14-13-5)10-17-18-9(6-3-2-4-19-6)15-16-11(18)20-10/h2-4H,1H3,(H,13,14). The Kier molecular flexibility index (Phi) is 2.51. The molecule has 0 spiro atoms. The van der Waals surface area contributed by atoms with Crippen LogP contribution in [0.1, 0.15) is 5.69 Å². The summed E-state index contributed by atoms with van der Waals surface area (Å²) < 4.78 is 7.91. The maximum absolute atomic E-state index is 5.34. The van der Waals surface area contributed by atoms with Crippen molar-refractivity contribution in [2.45, 2.75) is 6.92 Å². The minimum absolute atomic E-state index is 0.580. The Morgan fingerprint density at radius 1 is 1.40 bits per heavy atom. The number of H-pyrrole nitrogens is 1. The lowest BCUT2D eigenvalue weighted by Gasteiger charge is -1.91. The number of aryl methyl sites for hydroxylation is 1. The third kappa shape index (κ3) is 1.63. The van der Waals surface area contributed by atoms with E-state index in [1.807, 2.05) is 13.0 Å². The van der Waals surface area contributed by atoms with Gasteiger partial charge < -0.3 is 4.42 Å². The fourth-order valence-corrected chi connectivity index (χ4v) is 3.16. The summed E-state index contributed by atoms with van der Waals surface area (Å²) in [6.45, 7) is 1.94. The summed E-state index contributed by atoms with van der Waals surface area (Å²) in [7, 11) is 0. The molecule has 20 heavy (non-hydrogen) atoms. The molecule has 1 N–H and O–H groups in total. The van der Waals surface area contributed by atoms with Crippen molar-refractivity contribution in [2.75, 3.05) is 0 Å². The van der Waals surface area contributed by atoms with E-state index < -0.39 is 0 Å². The van der Waals surface area contributed by atoms with Crippen molar-refractivity contribution >= 4 is 32.2 Å². The number of aromatic nitrogens is 6. The lowest BCUT2D eigenvalue weighted by molar-refractivity contribution is 0.575.